The molecule has 1 fully saturated rings. The van der Waals surface area contributed by atoms with E-state index in [0.717, 1.165) is 40.4 Å². The second-order valence-electron chi connectivity index (χ2n) is 6.36. The van der Waals surface area contributed by atoms with Crippen LogP contribution in [-0.4, -0.2) is 48.4 Å². The van der Waals surface area contributed by atoms with Gasteiger partial charge >= 0.3 is 0 Å². The monoisotopic (exact) mass is 493 g/mol. The molecule has 0 aliphatic carbocycles. The highest BCUT2D eigenvalue weighted by atomic mass is 79.9. The van der Waals surface area contributed by atoms with Crippen LogP contribution in [0.3, 0.4) is 0 Å². The number of hydrogen-bond donors (Lipinski definition) is 1. The third-order valence-electron chi connectivity index (χ3n) is 4.46. The second-order valence-corrected chi connectivity index (χ2v) is 7.22. The number of nitrogens with one attached hydrogen (secondary N) is 1. The zero-order valence-corrected chi connectivity index (χ0v) is 20.0. The van der Waals surface area contributed by atoms with Crippen LogP contribution in [0, 0.1) is 0 Å². The van der Waals surface area contributed by atoms with Gasteiger partial charge in [0.25, 0.3) is 6.47 Å². The van der Waals surface area contributed by atoms with Crippen molar-refractivity contribution in [2.75, 3.05) is 37.5 Å². The van der Waals surface area contributed by atoms with Crippen LogP contribution in [0.1, 0.15) is 32.3 Å². The van der Waals surface area contributed by atoms with Crippen LogP contribution in [0.2, 0.25) is 0 Å². The summed E-state index contributed by atoms with van der Waals surface area (Å²) in [6.07, 6.45) is 8.03. The van der Waals surface area contributed by atoms with E-state index in [0.29, 0.717) is 13.0 Å². The van der Waals surface area contributed by atoms with Gasteiger partial charge in [0.1, 0.15) is 18.7 Å². The molecule has 1 aliphatic heterocycles. The number of carbonyl (C=O) groups is 1. The van der Waals surface area contributed by atoms with E-state index >= 15 is 0 Å². The first kappa shape index (κ1) is 24.4. The topological polar surface area (TPSA) is 84.9 Å². The van der Waals surface area contributed by atoms with Gasteiger partial charge in [0.05, 0.1) is 17.8 Å². The zero-order chi connectivity index (χ0) is 22.6. The van der Waals surface area contributed by atoms with Gasteiger partial charge in [-0.05, 0) is 34.8 Å². The van der Waals surface area contributed by atoms with Crippen molar-refractivity contribution in [1.29, 1.82) is 0 Å². The Kier molecular flexibility index (Phi) is 10.0. The third-order valence-corrected chi connectivity index (χ3v) is 5.02. The van der Waals surface area contributed by atoms with Crippen LogP contribution in [0.15, 0.2) is 41.3 Å². The molecule has 10 heteroatoms. The van der Waals surface area contributed by atoms with E-state index in [1.807, 2.05) is 36.8 Å². The molecule has 0 bridgehead atoms. The molecule has 4 heterocycles. The summed E-state index contributed by atoms with van der Waals surface area (Å²) < 4.78 is 8.27. The average Bonchev–Trinajstić information content (AvgIpc) is 3.50. The van der Waals surface area contributed by atoms with Gasteiger partial charge in [0, 0.05) is 42.1 Å². The van der Waals surface area contributed by atoms with Crippen molar-refractivity contribution in [1.82, 2.24) is 14.6 Å². The number of anilines is 2. The Hall–Kier alpha value is -2.88. The summed E-state index contributed by atoms with van der Waals surface area (Å²) in [7, 11) is 2.96. The van der Waals surface area contributed by atoms with Crippen LogP contribution >= 0.6 is 15.9 Å². The smallest absolute Gasteiger partial charge is 0.292 e. The van der Waals surface area contributed by atoms with E-state index in [1.165, 1.54) is 20.0 Å². The molecule has 4 rings (SSSR count). The van der Waals surface area contributed by atoms with E-state index in [-0.39, 0.29) is 0 Å². The average molecular weight is 494 g/mol. The van der Waals surface area contributed by atoms with Gasteiger partial charge in [-0.1, -0.05) is 13.8 Å². The number of carbonyl (C=O) groups excluding carboxylic acids is 1. The Morgan fingerprint density at radius 2 is 2.00 bits per heavy atom. The molecular weight excluding hydrogens is 464 g/mol. The second kappa shape index (κ2) is 12.7. The van der Waals surface area contributed by atoms with E-state index < -0.39 is 0 Å². The van der Waals surface area contributed by atoms with Crippen molar-refractivity contribution >= 4 is 39.7 Å². The number of rotatable bonds is 6. The molecule has 3 aromatic heterocycles. The molecule has 1 saturated heterocycles. The van der Waals surface area contributed by atoms with Gasteiger partial charge in [0.2, 0.25) is 12.4 Å². The Labute approximate surface area is 191 Å². The Balaban J connectivity index is 0.000000513. The van der Waals surface area contributed by atoms with Gasteiger partial charge in [0.15, 0.2) is 5.65 Å². The molecule has 0 amide bonds. The lowest BCUT2D eigenvalue weighted by atomic mass is 10.3. The maximum Gasteiger partial charge on any atom is 0.292 e. The van der Waals surface area contributed by atoms with Gasteiger partial charge < -0.3 is 15.0 Å². The normalized spacial score (nSPS) is 12.4. The fourth-order valence-electron chi connectivity index (χ4n) is 3.07. The van der Waals surface area contributed by atoms with E-state index in [9.17, 15) is 0 Å². The summed E-state index contributed by atoms with van der Waals surface area (Å²) >= 11 is 3.55. The van der Waals surface area contributed by atoms with E-state index in [4.69, 9.17) is 14.6 Å². The molecule has 0 saturated carbocycles. The number of halogens is 1. The minimum atomic E-state index is 0.375. The number of pyridine rings is 1. The molecule has 0 atom stereocenters. The molecule has 0 unspecified atom stereocenters. The van der Waals surface area contributed by atoms with Crippen molar-refractivity contribution < 1.29 is 19.1 Å². The van der Waals surface area contributed by atoms with Gasteiger partial charge in [-0.2, -0.15) is 9.61 Å². The molecule has 1 aliphatic rings. The summed E-state index contributed by atoms with van der Waals surface area (Å²) in [6.45, 7) is 7.15. The van der Waals surface area contributed by atoms with Crippen LogP contribution < -0.4 is 19.8 Å². The molecule has 1 N–H and O–H groups in total. The number of ether oxygens (including phenoxy) is 1. The Morgan fingerprint density at radius 3 is 2.65 bits per heavy atom. The van der Waals surface area contributed by atoms with E-state index in [2.05, 4.69) is 48.1 Å². The first-order chi connectivity index (χ1) is 15.2. The lowest BCUT2D eigenvalue weighted by Gasteiger charge is -2.18. The number of nitrogens with zero attached hydrogens (tertiary/aromatic N) is 5. The lowest BCUT2D eigenvalue weighted by Crippen LogP contribution is -2.40. The third kappa shape index (κ3) is 6.55. The Morgan fingerprint density at radius 1 is 1.29 bits per heavy atom. The molecule has 31 heavy (non-hydrogen) atoms. The highest BCUT2D eigenvalue weighted by molar-refractivity contribution is 9.10. The summed E-state index contributed by atoms with van der Waals surface area (Å²) in [6, 6.07) is 6.09. The molecule has 0 aromatic carbocycles. The summed E-state index contributed by atoms with van der Waals surface area (Å²) in [5.41, 5.74) is 1.94. The maximum atomic E-state index is 8.95. The fourth-order valence-corrected chi connectivity index (χ4v) is 3.42. The number of fused-ring (bicyclic) bond motifs is 1. The van der Waals surface area contributed by atoms with E-state index in [1.54, 1.807) is 18.0 Å². The molecule has 3 aromatic rings. The summed E-state index contributed by atoms with van der Waals surface area (Å²) in [5.74, 6) is 1.92. The van der Waals surface area contributed by atoms with Gasteiger partial charge in [-0.25, -0.2) is 4.98 Å². The molecule has 0 radical (unpaired) electrons. The quantitative estimate of drug-likeness (QED) is 0.417. The van der Waals surface area contributed by atoms with Gasteiger partial charge in [-0.15, -0.1) is 0 Å². The Bertz CT molecular complexity index is 959. The first-order valence-electron chi connectivity index (χ1n) is 10.2. The van der Waals surface area contributed by atoms with Crippen LogP contribution in [0.5, 0.6) is 0 Å². The fraction of sp³-hybridized carbons (Fsp3) is 0.429. The number of hydrogen-bond acceptors (Lipinski definition) is 7. The summed E-state index contributed by atoms with van der Waals surface area (Å²) in [4.78, 5) is 21.3. The maximum absolute atomic E-state index is 8.95. The predicted molar refractivity (Wildman–Crippen MR) is 123 cm³/mol. The standard InChI is InChI=1S/C17H20BrN6O.C2H4O2.C2H6/c1-25-23-8-4-5-13(12-23)10-19-15-9-16(22-6-2-3-7-22)21-17-14(18)11-20-24(15)17;1-4-2-3;1-2/h4-5,8-9,11-12,19H,2-3,6-7,10H2,1H3;2H,1H3;1-2H3/q+1;;. The lowest BCUT2D eigenvalue weighted by molar-refractivity contribution is -0.885. The van der Waals surface area contributed by atoms with Crippen molar-refractivity contribution in [3.63, 3.8) is 0 Å². The first-order valence-corrected chi connectivity index (χ1v) is 11.0. The molecular formula is C21H30BrN6O3+. The predicted octanol–water partition coefficient (Wildman–Crippen LogP) is 2.87. The SMILES string of the molecule is CC.COC=O.CO[n+]1cccc(CNc2cc(N3CCCC3)nc3c(Br)cnn23)c1. The van der Waals surface area contributed by atoms with Gasteiger partial charge in [-0.3, -0.25) is 9.63 Å². The van der Waals surface area contributed by atoms with Crippen molar-refractivity contribution in [3.05, 3.63) is 46.8 Å². The highest BCUT2D eigenvalue weighted by Gasteiger charge is 2.17. The summed E-state index contributed by atoms with van der Waals surface area (Å²) in [5, 5.41) is 7.90. The number of methoxy groups -OCH3 is 1. The van der Waals surface area contributed by atoms with Crippen LogP contribution in [0.4, 0.5) is 11.6 Å². The zero-order valence-electron chi connectivity index (χ0n) is 18.4. The van der Waals surface area contributed by atoms with Crippen LogP contribution in [-0.2, 0) is 16.1 Å². The van der Waals surface area contributed by atoms with Crippen molar-refractivity contribution in [3.8, 4) is 0 Å². The highest BCUT2D eigenvalue weighted by Crippen LogP contribution is 2.26. The number of aromatic nitrogens is 4. The molecule has 9 nitrogen and oxygen atoms in total. The van der Waals surface area contributed by atoms with Crippen LogP contribution in [0.25, 0.3) is 5.65 Å². The molecule has 0 spiro atoms. The minimum Gasteiger partial charge on any atom is -0.471 e. The van der Waals surface area contributed by atoms with Crippen molar-refractivity contribution in [2.45, 2.75) is 33.2 Å². The minimum absolute atomic E-state index is 0.375. The largest absolute Gasteiger partial charge is 0.471 e. The molecule has 168 valence electrons. The van der Waals surface area contributed by atoms with Crippen molar-refractivity contribution in [2.24, 2.45) is 0 Å².